The molecule has 2 aromatic heterocycles. The minimum absolute atomic E-state index is 0.373. The number of piperazine rings is 1. The van der Waals surface area contributed by atoms with Crippen molar-refractivity contribution in [2.24, 2.45) is 0 Å². The molecule has 2 aromatic rings. The molecular formula is C22H32N6. The van der Waals surface area contributed by atoms with Crippen molar-refractivity contribution in [2.45, 2.75) is 51.7 Å². The molecule has 2 aliphatic rings. The molecule has 1 unspecified atom stereocenters. The highest BCUT2D eigenvalue weighted by Crippen LogP contribution is 2.32. The van der Waals surface area contributed by atoms with E-state index in [-0.39, 0.29) is 0 Å². The van der Waals surface area contributed by atoms with Crippen LogP contribution in [0.5, 0.6) is 0 Å². The quantitative estimate of drug-likeness (QED) is 0.795. The largest absolute Gasteiger partial charge is 0.354 e. The van der Waals surface area contributed by atoms with E-state index < -0.39 is 0 Å². The lowest BCUT2D eigenvalue weighted by Gasteiger charge is -2.37. The van der Waals surface area contributed by atoms with Gasteiger partial charge < -0.3 is 4.90 Å². The van der Waals surface area contributed by atoms with Gasteiger partial charge in [-0.2, -0.15) is 0 Å². The van der Waals surface area contributed by atoms with Crippen molar-refractivity contribution in [2.75, 3.05) is 38.1 Å². The minimum Gasteiger partial charge on any atom is -0.354 e. The second-order valence-electron chi connectivity index (χ2n) is 8.36. The molecule has 0 radical (unpaired) electrons. The number of anilines is 1. The van der Waals surface area contributed by atoms with Gasteiger partial charge in [-0.3, -0.25) is 14.8 Å². The molecule has 0 amide bonds. The molecular weight excluding hydrogens is 348 g/mol. The van der Waals surface area contributed by atoms with Crippen molar-refractivity contribution in [3.8, 4) is 0 Å². The fraction of sp³-hybridized carbons (Fsp3) is 0.591. The van der Waals surface area contributed by atoms with E-state index in [1.54, 1.807) is 6.33 Å². The maximum Gasteiger partial charge on any atom is 0.132 e. The van der Waals surface area contributed by atoms with Crippen LogP contribution in [0.25, 0.3) is 0 Å². The van der Waals surface area contributed by atoms with Crippen LogP contribution in [0.4, 0.5) is 5.82 Å². The first kappa shape index (κ1) is 19.3. The smallest absolute Gasteiger partial charge is 0.132 e. The number of pyridine rings is 1. The Bertz CT molecular complexity index is 784. The van der Waals surface area contributed by atoms with Crippen LogP contribution in [0.3, 0.4) is 0 Å². The number of aryl methyl sites for hydroxylation is 1. The summed E-state index contributed by atoms with van der Waals surface area (Å²) in [5.41, 5.74) is 3.73. The fourth-order valence-electron chi connectivity index (χ4n) is 4.49. The summed E-state index contributed by atoms with van der Waals surface area (Å²) in [4.78, 5) is 21.1. The van der Waals surface area contributed by atoms with Gasteiger partial charge in [-0.15, -0.1) is 0 Å². The van der Waals surface area contributed by atoms with Crippen LogP contribution in [0, 0.1) is 0 Å². The molecule has 0 aromatic carbocycles. The highest BCUT2D eigenvalue weighted by molar-refractivity contribution is 5.39. The lowest BCUT2D eigenvalue weighted by molar-refractivity contribution is 0.205. The van der Waals surface area contributed by atoms with Gasteiger partial charge in [0.05, 0.1) is 17.4 Å². The first-order chi connectivity index (χ1) is 13.6. The van der Waals surface area contributed by atoms with E-state index in [1.807, 2.05) is 6.20 Å². The molecule has 6 nitrogen and oxygen atoms in total. The fourth-order valence-corrected chi connectivity index (χ4v) is 4.49. The predicted octanol–water partition coefficient (Wildman–Crippen LogP) is 2.91. The van der Waals surface area contributed by atoms with Crippen molar-refractivity contribution in [1.29, 1.82) is 0 Å². The van der Waals surface area contributed by atoms with Crippen LogP contribution < -0.4 is 4.90 Å². The van der Waals surface area contributed by atoms with Crippen LogP contribution in [0.15, 0.2) is 30.7 Å². The summed E-state index contributed by atoms with van der Waals surface area (Å²) in [5.74, 6) is 1.06. The molecule has 1 saturated heterocycles. The SMILES string of the molecule is CC(C)N1CCN(c2cc(CN(C)C3CCCc4cccnc43)ncn2)CC1. The topological polar surface area (TPSA) is 48.4 Å². The predicted molar refractivity (Wildman–Crippen MR) is 112 cm³/mol. The number of hydrogen-bond acceptors (Lipinski definition) is 6. The van der Waals surface area contributed by atoms with Crippen LogP contribution in [-0.4, -0.2) is 64.0 Å². The Morgan fingerprint density at radius 1 is 1.14 bits per heavy atom. The molecule has 0 N–H and O–H groups in total. The molecule has 150 valence electrons. The van der Waals surface area contributed by atoms with E-state index in [0.717, 1.165) is 57.1 Å². The maximum absolute atomic E-state index is 4.69. The molecule has 1 fully saturated rings. The Morgan fingerprint density at radius 3 is 2.75 bits per heavy atom. The van der Waals surface area contributed by atoms with Crippen LogP contribution in [0.2, 0.25) is 0 Å². The van der Waals surface area contributed by atoms with E-state index >= 15 is 0 Å². The van der Waals surface area contributed by atoms with Gasteiger partial charge in [0.25, 0.3) is 0 Å². The molecule has 28 heavy (non-hydrogen) atoms. The molecule has 0 saturated carbocycles. The number of aromatic nitrogens is 3. The standard InChI is InChI=1S/C22H32N6/c1-17(2)27-10-12-28(13-11-27)21-14-19(24-16-25-21)15-26(3)20-8-4-6-18-7-5-9-23-22(18)20/h5,7,9,14,16-17,20H,4,6,8,10-13,15H2,1-3H3. The lowest BCUT2D eigenvalue weighted by atomic mass is 9.91. The van der Waals surface area contributed by atoms with Crippen molar-refractivity contribution < 1.29 is 0 Å². The molecule has 1 aliphatic heterocycles. The van der Waals surface area contributed by atoms with E-state index in [9.17, 15) is 0 Å². The third-order valence-corrected chi connectivity index (χ3v) is 6.19. The zero-order valence-corrected chi connectivity index (χ0v) is 17.4. The molecule has 3 heterocycles. The van der Waals surface area contributed by atoms with Crippen molar-refractivity contribution in [3.63, 3.8) is 0 Å². The van der Waals surface area contributed by atoms with E-state index in [4.69, 9.17) is 0 Å². The maximum atomic E-state index is 4.69. The summed E-state index contributed by atoms with van der Waals surface area (Å²) in [6.07, 6.45) is 7.18. The Balaban J connectivity index is 1.43. The van der Waals surface area contributed by atoms with Gasteiger partial charge in [0.15, 0.2) is 0 Å². The summed E-state index contributed by atoms with van der Waals surface area (Å²) in [6.45, 7) is 9.62. The van der Waals surface area contributed by atoms with Gasteiger partial charge in [0.1, 0.15) is 12.1 Å². The summed E-state index contributed by atoms with van der Waals surface area (Å²) >= 11 is 0. The van der Waals surface area contributed by atoms with E-state index in [0.29, 0.717) is 12.1 Å². The average molecular weight is 381 g/mol. The third kappa shape index (κ3) is 4.18. The number of hydrogen-bond donors (Lipinski definition) is 0. The highest BCUT2D eigenvalue weighted by atomic mass is 15.3. The van der Waals surface area contributed by atoms with Crippen LogP contribution >= 0.6 is 0 Å². The van der Waals surface area contributed by atoms with E-state index in [1.165, 1.54) is 17.7 Å². The zero-order valence-electron chi connectivity index (χ0n) is 17.4. The van der Waals surface area contributed by atoms with Gasteiger partial charge in [-0.25, -0.2) is 9.97 Å². The van der Waals surface area contributed by atoms with Gasteiger partial charge in [0.2, 0.25) is 0 Å². The summed E-state index contributed by atoms with van der Waals surface area (Å²) in [6, 6.07) is 7.43. The van der Waals surface area contributed by atoms with Crippen molar-refractivity contribution in [3.05, 3.63) is 47.7 Å². The number of fused-ring (bicyclic) bond motifs is 1. The minimum atomic E-state index is 0.373. The van der Waals surface area contributed by atoms with Crippen LogP contribution in [-0.2, 0) is 13.0 Å². The van der Waals surface area contributed by atoms with Crippen molar-refractivity contribution >= 4 is 5.82 Å². The Labute approximate surface area is 168 Å². The highest BCUT2D eigenvalue weighted by Gasteiger charge is 2.25. The number of nitrogens with zero attached hydrogens (tertiary/aromatic N) is 6. The first-order valence-corrected chi connectivity index (χ1v) is 10.6. The second-order valence-corrected chi connectivity index (χ2v) is 8.36. The molecule has 6 heteroatoms. The van der Waals surface area contributed by atoms with Gasteiger partial charge in [0, 0.05) is 51.0 Å². The molecule has 1 atom stereocenters. The van der Waals surface area contributed by atoms with Crippen LogP contribution in [0.1, 0.15) is 49.7 Å². The Hall–Kier alpha value is -2.05. The van der Waals surface area contributed by atoms with Gasteiger partial charge in [-0.1, -0.05) is 6.07 Å². The zero-order chi connectivity index (χ0) is 19.5. The Morgan fingerprint density at radius 2 is 1.96 bits per heavy atom. The molecule has 0 spiro atoms. The summed E-state index contributed by atoms with van der Waals surface area (Å²) in [5, 5.41) is 0. The Kier molecular flexibility index (Phi) is 5.87. The number of rotatable bonds is 5. The van der Waals surface area contributed by atoms with E-state index in [2.05, 4.69) is 68.7 Å². The molecule has 0 bridgehead atoms. The second kappa shape index (κ2) is 8.53. The lowest BCUT2D eigenvalue weighted by Crippen LogP contribution is -2.49. The van der Waals surface area contributed by atoms with Crippen molar-refractivity contribution in [1.82, 2.24) is 24.8 Å². The first-order valence-electron chi connectivity index (χ1n) is 10.6. The van der Waals surface area contributed by atoms with Gasteiger partial charge in [-0.05, 0) is 51.8 Å². The molecule has 1 aliphatic carbocycles. The monoisotopic (exact) mass is 380 g/mol. The van der Waals surface area contributed by atoms with Gasteiger partial charge >= 0.3 is 0 Å². The summed E-state index contributed by atoms with van der Waals surface area (Å²) < 4.78 is 0. The normalized spacial score (nSPS) is 20.6. The summed E-state index contributed by atoms with van der Waals surface area (Å²) in [7, 11) is 2.19. The molecule has 4 rings (SSSR count). The average Bonchev–Trinajstić information content (AvgIpc) is 2.73. The third-order valence-electron chi connectivity index (χ3n) is 6.19.